The molecule has 0 radical (unpaired) electrons. The van der Waals surface area contributed by atoms with Gasteiger partial charge in [0, 0.05) is 10.6 Å². The lowest BCUT2D eigenvalue weighted by molar-refractivity contribution is 0.0950. The Morgan fingerprint density at radius 2 is 1.88 bits per heavy atom. The van der Waals surface area contributed by atoms with Gasteiger partial charge in [-0.2, -0.15) is 10.2 Å². The molecule has 25 heavy (non-hydrogen) atoms. The second kappa shape index (κ2) is 7.32. The fourth-order valence-corrected chi connectivity index (χ4v) is 2.39. The molecule has 1 amide bonds. The number of halogens is 1. The lowest BCUT2D eigenvalue weighted by atomic mass is 10.0. The van der Waals surface area contributed by atoms with Crippen molar-refractivity contribution >= 4 is 23.7 Å². The third-order valence-corrected chi connectivity index (χ3v) is 4.13. The van der Waals surface area contributed by atoms with Crippen LogP contribution in [-0.4, -0.2) is 22.3 Å². The average molecular weight is 353 g/mol. The van der Waals surface area contributed by atoms with Gasteiger partial charge in [-0.1, -0.05) is 35.9 Å². The Morgan fingerprint density at radius 1 is 1.12 bits per heavy atom. The second-order valence-corrected chi connectivity index (χ2v) is 6.15. The molecular weight excluding hydrogens is 336 g/mol. The van der Waals surface area contributed by atoms with Crippen molar-refractivity contribution < 1.29 is 4.79 Å². The molecule has 0 fully saturated rings. The number of nitrogens with one attached hydrogen (secondary N) is 2. The SMILES string of the molecule is Cc1ccc(-c2cc(C(=O)N/N=C/c3ccc(Cl)cc3)[nH]n2)cc1C. The predicted molar refractivity (Wildman–Crippen MR) is 100 cm³/mol. The summed E-state index contributed by atoms with van der Waals surface area (Å²) in [6.45, 7) is 4.10. The Kier molecular flexibility index (Phi) is 4.95. The largest absolute Gasteiger partial charge is 0.289 e. The van der Waals surface area contributed by atoms with Gasteiger partial charge in [0.2, 0.25) is 0 Å². The van der Waals surface area contributed by atoms with Crippen molar-refractivity contribution in [2.45, 2.75) is 13.8 Å². The molecule has 1 aromatic heterocycles. The fourth-order valence-electron chi connectivity index (χ4n) is 2.26. The molecule has 5 nitrogen and oxygen atoms in total. The topological polar surface area (TPSA) is 70.1 Å². The lowest BCUT2D eigenvalue weighted by Crippen LogP contribution is -2.17. The summed E-state index contributed by atoms with van der Waals surface area (Å²) in [4.78, 5) is 12.1. The van der Waals surface area contributed by atoms with E-state index in [0.717, 1.165) is 16.8 Å². The van der Waals surface area contributed by atoms with Crippen molar-refractivity contribution in [3.05, 3.63) is 75.9 Å². The Bertz CT molecular complexity index is 929. The van der Waals surface area contributed by atoms with Gasteiger partial charge in [-0.05, 0) is 54.8 Å². The van der Waals surface area contributed by atoms with Gasteiger partial charge in [-0.25, -0.2) is 5.43 Å². The van der Waals surface area contributed by atoms with Gasteiger partial charge < -0.3 is 0 Å². The minimum absolute atomic E-state index is 0.349. The van der Waals surface area contributed by atoms with E-state index in [4.69, 9.17) is 11.6 Å². The number of hydrogen-bond donors (Lipinski definition) is 2. The van der Waals surface area contributed by atoms with Crippen LogP contribution in [-0.2, 0) is 0 Å². The van der Waals surface area contributed by atoms with E-state index in [1.54, 1.807) is 24.4 Å². The van der Waals surface area contributed by atoms with E-state index in [-0.39, 0.29) is 5.91 Å². The molecule has 0 saturated heterocycles. The van der Waals surface area contributed by atoms with E-state index in [9.17, 15) is 4.79 Å². The molecule has 0 spiro atoms. The summed E-state index contributed by atoms with van der Waals surface area (Å²) >= 11 is 5.82. The Balaban J connectivity index is 1.68. The van der Waals surface area contributed by atoms with E-state index in [0.29, 0.717) is 10.7 Å². The van der Waals surface area contributed by atoms with Crippen molar-refractivity contribution in [1.82, 2.24) is 15.6 Å². The maximum atomic E-state index is 12.1. The van der Waals surface area contributed by atoms with E-state index in [1.807, 2.05) is 37.3 Å². The highest BCUT2D eigenvalue weighted by Gasteiger charge is 2.10. The van der Waals surface area contributed by atoms with Crippen LogP contribution < -0.4 is 5.43 Å². The number of carbonyl (C=O) groups is 1. The van der Waals surface area contributed by atoms with Crippen molar-refractivity contribution in [3.8, 4) is 11.3 Å². The third-order valence-electron chi connectivity index (χ3n) is 3.87. The molecule has 2 N–H and O–H groups in total. The first kappa shape index (κ1) is 16.9. The van der Waals surface area contributed by atoms with Crippen LogP contribution in [0.5, 0.6) is 0 Å². The van der Waals surface area contributed by atoms with Crippen LogP contribution in [0.1, 0.15) is 27.2 Å². The molecule has 2 aromatic carbocycles. The van der Waals surface area contributed by atoms with E-state index in [2.05, 4.69) is 27.6 Å². The predicted octanol–water partition coefficient (Wildman–Crippen LogP) is 4.11. The molecule has 0 aliphatic carbocycles. The molecule has 0 aliphatic heterocycles. The summed E-state index contributed by atoms with van der Waals surface area (Å²) < 4.78 is 0. The molecule has 0 atom stereocenters. The van der Waals surface area contributed by atoms with E-state index < -0.39 is 0 Å². The number of rotatable bonds is 4. The Morgan fingerprint density at radius 3 is 2.60 bits per heavy atom. The second-order valence-electron chi connectivity index (χ2n) is 5.72. The average Bonchev–Trinajstić information content (AvgIpc) is 3.09. The molecule has 3 aromatic rings. The van der Waals surface area contributed by atoms with Crippen LogP contribution >= 0.6 is 11.6 Å². The number of benzene rings is 2. The quantitative estimate of drug-likeness (QED) is 0.548. The molecule has 0 unspecified atom stereocenters. The number of carbonyl (C=O) groups excluding carboxylic acids is 1. The number of hydrogen-bond acceptors (Lipinski definition) is 3. The summed E-state index contributed by atoms with van der Waals surface area (Å²) in [7, 11) is 0. The van der Waals surface area contributed by atoms with E-state index in [1.165, 1.54) is 11.1 Å². The lowest BCUT2D eigenvalue weighted by Gasteiger charge is -2.01. The van der Waals surface area contributed by atoms with Gasteiger partial charge in [0.25, 0.3) is 5.91 Å². The monoisotopic (exact) mass is 352 g/mol. The maximum absolute atomic E-state index is 12.1. The number of nitrogens with zero attached hydrogens (tertiary/aromatic N) is 2. The molecule has 6 heteroatoms. The van der Waals surface area contributed by atoms with Gasteiger partial charge in [0.1, 0.15) is 5.69 Å². The Labute approximate surface area is 150 Å². The fraction of sp³-hybridized carbons (Fsp3) is 0.105. The molecule has 0 saturated carbocycles. The van der Waals surface area contributed by atoms with Gasteiger partial charge in [-0.15, -0.1) is 0 Å². The first-order valence-electron chi connectivity index (χ1n) is 7.75. The van der Waals surface area contributed by atoms with Crippen molar-refractivity contribution in [3.63, 3.8) is 0 Å². The number of aromatic amines is 1. The van der Waals surface area contributed by atoms with Crippen molar-refractivity contribution in [2.75, 3.05) is 0 Å². The van der Waals surface area contributed by atoms with Crippen LogP contribution in [0.25, 0.3) is 11.3 Å². The van der Waals surface area contributed by atoms with Gasteiger partial charge >= 0.3 is 0 Å². The molecule has 0 aliphatic rings. The third kappa shape index (κ3) is 4.14. The summed E-state index contributed by atoms with van der Waals surface area (Å²) in [5, 5.41) is 11.5. The summed E-state index contributed by atoms with van der Waals surface area (Å²) in [6.07, 6.45) is 1.55. The van der Waals surface area contributed by atoms with Crippen LogP contribution in [0.2, 0.25) is 5.02 Å². The van der Waals surface area contributed by atoms with Crippen LogP contribution in [0.3, 0.4) is 0 Å². The highest BCUT2D eigenvalue weighted by atomic mass is 35.5. The minimum Gasteiger partial charge on any atom is -0.272 e. The summed E-state index contributed by atoms with van der Waals surface area (Å²) in [5.74, 6) is -0.354. The van der Waals surface area contributed by atoms with Crippen LogP contribution in [0.4, 0.5) is 0 Å². The van der Waals surface area contributed by atoms with Crippen LogP contribution in [0, 0.1) is 13.8 Å². The first-order chi connectivity index (χ1) is 12.0. The number of aromatic nitrogens is 2. The highest BCUT2D eigenvalue weighted by Crippen LogP contribution is 2.20. The number of amides is 1. The highest BCUT2D eigenvalue weighted by molar-refractivity contribution is 6.30. The first-order valence-corrected chi connectivity index (χ1v) is 8.13. The van der Waals surface area contributed by atoms with Crippen LogP contribution in [0.15, 0.2) is 53.6 Å². The molecule has 126 valence electrons. The molecule has 0 bridgehead atoms. The molecular formula is C19H17ClN4O. The number of hydrazone groups is 1. The maximum Gasteiger partial charge on any atom is 0.289 e. The van der Waals surface area contributed by atoms with E-state index >= 15 is 0 Å². The van der Waals surface area contributed by atoms with Crippen molar-refractivity contribution in [1.29, 1.82) is 0 Å². The van der Waals surface area contributed by atoms with Crippen molar-refractivity contribution in [2.24, 2.45) is 5.10 Å². The normalized spacial score (nSPS) is 11.0. The van der Waals surface area contributed by atoms with Gasteiger partial charge in [-0.3, -0.25) is 9.89 Å². The van der Waals surface area contributed by atoms with Gasteiger partial charge in [0.05, 0.1) is 11.9 Å². The number of aryl methyl sites for hydroxylation is 2. The number of H-pyrrole nitrogens is 1. The zero-order valence-corrected chi connectivity index (χ0v) is 14.6. The molecule has 1 heterocycles. The molecule has 3 rings (SSSR count). The smallest absolute Gasteiger partial charge is 0.272 e. The standard InChI is InChI=1S/C19H17ClN4O/c1-12-3-6-15(9-13(12)2)17-10-18(23-22-17)19(25)24-21-11-14-4-7-16(20)8-5-14/h3-11H,1-2H3,(H,22,23)(H,24,25)/b21-11+. The Hall–Kier alpha value is -2.92. The minimum atomic E-state index is -0.354. The zero-order valence-electron chi connectivity index (χ0n) is 13.9. The summed E-state index contributed by atoms with van der Waals surface area (Å²) in [5.41, 5.74) is 7.74. The van der Waals surface area contributed by atoms with Gasteiger partial charge in [0.15, 0.2) is 0 Å². The zero-order chi connectivity index (χ0) is 17.8. The summed E-state index contributed by atoms with van der Waals surface area (Å²) in [6, 6.07) is 14.9.